The molecule has 0 heterocycles. The summed E-state index contributed by atoms with van der Waals surface area (Å²) in [5.41, 5.74) is 1.29. The number of carbonyl (C=O) groups excluding carboxylic acids is 1. The number of sulfonamides is 1. The van der Waals surface area contributed by atoms with Crippen LogP contribution in [0.3, 0.4) is 0 Å². The molecule has 26 heavy (non-hydrogen) atoms. The Morgan fingerprint density at radius 2 is 1.58 bits per heavy atom. The van der Waals surface area contributed by atoms with Crippen LogP contribution in [-0.2, 0) is 21.2 Å². The van der Waals surface area contributed by atoms with E-state index in [0.717, 1.165) is 16.3 Å². The number of hydrogen-bond acceptors (Lipinski definition) is 3. The Labute approximate surface area is 153 Å². The van der Waals surface area contributed by atoms with Gasteiger partial charge < -0.3 is 4.90 Å². The number of likely N-dealkylation sites (N-methyl/N-ethyl adjacent to an activating group) is 1. The maximum Gasteiger partial charge on any atom is 0.261 e. The zero-order chi connectivity index (χ0) is 18.7. The number of anilines is 1. The van der Waals surface area contributed by atoms with Crippen molar-refractivity contribution in [3.63, 3.8) is 0 Å². The second-order valence-corrected chi connectivity index (χ2v) is 7.96. The number of nitrogens with zero attached hydrogens (tertiary/aromatic N) is 1. The molecular weight excluding hydrogens is 348 g/mol. The molecule has 0 saturated heterocycles. The third-order valence-electron chi connectivity index (χ3n) is 4.09. The van der Waals surface area contributed by atoms with Crippen molar-refractivity contribution in [1.82, 2.24) is 4.90 Å². The van der Waals surface area contributed by atoms with E-state index in [0.29, 0.717) is 5.69 Å². The molecule has 134 valence electrons. The molecule has 0 aliphatic heterocycles. The van der Waals surface area contributed by atoms with Crippen LogP contribution in [0, 0.1) is 0 Å². The summed E-state index contributed by atoms with van der Waals surface area (Å²) in [5.74, 6) is -0.00510. The van der Waals surface area contributed by atoms with Gasteiger partial charge >= 0.3 is 0 Å². The molecule has 0 atom stereocenters. The fraction of sp³-hybridized carbons (Fsp3) is 0.150. The van der Waals surface area contributed by atoms with Crippen molar-refractivity contribution < 1.29 is 13.2 Å². The smallest absolute Gasteiger partial charge is 0.261 e. The molecule has 3 rings (SSSR count). The van der Waals surface area contributed by atoms with Gasteiger partial charge in [-0.3, -0.25) is 9.52 Å². The monoisotopic (exact) mass is 368 g/mol. The van der Waals surface area contributed by atoms with Crippen LogP contribution < -0.4 is 4.72 Å². The first-order chi connectivity index (χ1) is 12.3. The number of benzene rings is 3. The van der Waals surface area contributed by atoms with Crippen LogP contribution in [0.4, 0.5) is 5.69 Å². The lowest BCUT2D eigenvalue weighted by atomic mass is 10.1. The zero-order valence-electron chi connectivity index (χ0n) is 14.6. The summed E-state index contributed by atoms with van der Waals surface area (Å²) >= 11 is 0. The first-order valence-corrected chi connectivity index (χ1v) is 9.64. The average molecular weight is 368 g/mol. The molecule has 1 N–H and O–H groups in total. The molecule has 0 aliphatic rings. The number of fused-ring (bicyclic) bond motifs is 1. The molecule has 6 heteroatoms. The molecular formula is C20H20N2O3S. The van der Waals surface area contributed by atoms with Crippen LogP contribution in [0.25, 0.3) is 10.8 Å². The third kappa shape index (κ3) is 4.03. The highest BCUT2D eigenvalue weighted by atomic mass is 32.2. The van der Waals surface area contributed by atoms with Gasteiger partial charge in [0, 0.05) is 19.8 Å². The molecule has 0 fully saturated rings. The summed E-state index contributed by atoms with van der Waals surface area (Å²) in [4.78, 5) is 13.5. The van der Waals surface area contributed by atoms with E-state index in [1.54, 1.807) is 56.6 Å². The van der Waals surface area contributed by atoms with E-state index in [1.165, 1.54) is 4.90 Å². The van der Waals surface area contributed by atoms with E-state index >= 15 is 0 Å². The number of amides is 1. The summed E-state index contributed by atoms with van der Waals surface area (Å²) in [7, 11) is -0.274. The zero-order valence-corrected chi connectivity index (χ0v) is 15.5. The lowest BCUT2D eigenvalue weighted by Gasteiger charge is -2.11. The van der Waals surface area contributed by atoms with Gasteiger partial charge in [-0.05, 0) is 40.6 Å². The van der Waals surface area contributed by atoms with E-state index in [1.807, 2.05) is 24.3 Å². The van der Waals surface area contributed by atoms with E-state index in [2.05, 4.69) is 4.72 Å². The van der Waals surface area contributed by atoms with Crippen molar-refractivity contribution in [1.29, 1.82) is 0 Å². The predicted molar refractivity (Wildman–Crippen MR) is 104 cm³/mol. The molecule has 0 radical (unpaired) electrons. The number of rotatable bonds is 5. The highest BCUT2D eigenvalue weighted by molar-refractivity contribution is 7.92. The minimum Gasteiger partial charge on any atom is -0.349 e. The van der Waals surface area contributed by atoms with Crippen LogP contribution >= 0.6 is 0 Å². The second-order valence-electron chi connectivity index (χ2n) is 6.28. The van der Waals surface area contributed by atoms with Crippen molar-refractivity contribution >= 4 is 32.4 Å². The maximum atomic E-state index is 12.6. The summed E-state index contributed by atoms with van der Waals surface area (Å²) in [6.45, 7) is 0. The van der Waals surface area contributed by atoms with Crippen LogP contribution in [0.15, 0.2) is 71.6 Å². The van der Waals surface area contributed by atoms with Crippen LogP contribution in [0.2, 0.25) is 0 Å². The first-order valence-electron chi connectivity index (χ1n) is 8.16. The second kappa shape index (κ2) is 7.17. The van der Waals surface area contributed by atoms with Gasteiger partial charge in [0.1, 0.15) is 0 Å². The van der Waals surface area contributed by atoms with Gasteiger partial charge in [0.25, 0.3) is 10.0 Å². The van der Waals surface area contributed by atoms with Gasteiger partial charge in [-0.15, -0.1) is 0 Å². The van der Waals surface area contributed by atoms with Crippen LogP contribution in [-0.4, -0.2) is 33.3 Å². The van der Waals surface area contributed by atoms with Crippen molar-refractivity contribution in [2.24, 2.45) is 0 Å². The first kappa shape index (κ1) is 17.9. The van der Waals surface area contributed by atoms with E-state index in [9.17, 15) is 13.2 Å². The van der Waals surface area contributed by atoms with Crippen molar-refractivity contribution in [2.75, 3.05) is 18.8 Å². The highest BCUT2D eigenvalue weighted by Gasteiger charge is 2.15. The molecule has 0 aliphatic carbocycles. The molecule has 0 saturated carbocycles. The lowest BCUT2D eigenvalue weighted by molar-refractivity contribution is -0.127. The minimum absolute atomic E-state index is 0.00510. The van der Waals surface area contributed by atoms with Crippen LogP contribution in [0.1, 0.15) is 5.56 Å². The SMILES string of the molecule is CN(C)C(=O)Cc1ccc(NS(=O)(=O)c2ccc3ccccc3c2)cc1. The number of nitrogens with one attached hydrogen (secondary N) is 1. The fourth-order valence-electron chi connectivity index (χ4n) is 2.57. The normalized spacial score (nSPS) is 11.3. The summed E-state index contributed by atoms with van der Waals surface area (Å²) < 4.78 is 27.8. The topological polar surface area (TPSA) is 66.5 Å². The quantitative estimate of drug-likeness (QED) is 0.752. The van der Waals surface area contributed by atoms with Crippen LogP contribution in [0.5, 0.6) is 0 Å². The Hall–Kier alpha value is -2.86. The standard InChI is InChI=1S/C20H20N2O3S/c1-22(2)20(23)13-15-7-10-18(11-8-15)21-26(24,25)19-12-9-16-5-3-4-6-17(16)14-19/h3-12,14,21H,13H2,1-2H3. The summed E-state index contributed by atoms with van der Waals surface area (Å²) in [6.07, 6.45) is 0.282. The fourth-order valence-corrected chi connectivity index (χ4v) is 3.67. The van der Waals surface area contributed by atoms with Crippen molar-refractivity contribution in [3.8, 4) is 0 Å². The van der Waals surface area contributed by atoms with Gasteiger partial charge in [0.2, 0.25) is 5.91 Å². The Morgan fingerprint density at radius 3 is 2.23 bits per heavy atom. The van der Waals surface area contributed by atoms with Gasteiger partial charge in [-0.25, -0.2) is 8.42 Å². The molecule has 5 nitrogen and oxygen atoms in total. The largest absolute Gasteiger partial charge is 0.349 e. The Bertz CT molecular complexity index is 1040. The predicted octanol–water partition coefficient (Wildman–Crippen LogP) is 3.27. The van der Waals surface area contributed by atoms with Gasteiger partial charge in [0.15, 0.2) is 0 Å². The Balaban J connectivity index is 1.79. The maximum absolute atomic E-state index is 12.6. The van der Waals surface area contributed by atoms with Crippen molar-refractivity contribution in [2.45, 2.75) is 11.3 Å². The lowest BCUT2D eigenvalue weighted by Crippen LogP contribution is -2.23. The van der Waals surface area contributed by atoms with Crippen molar-refractivity contribution in [3.05, 3.63) is 72.3 Å². The molecule has 3 aromatic carbocycles. The molecule has 0 spiro atoms. The van der Waals surface area contributed by atoms with E-state index in [4.69, 9.17) is 0 Å². The van der Waals surface area contributed by atoms with Gasteiger partial charge in [-0.2, -0.15) is 0 Å². The molecule has 0 aromatic heterocycles. The Morgan fingerprint density at radius 1 is 0.923 bits per heavy atom. The average Bonchev–Trinajstić information content (AvgIpc) is 2.62. The molecule has 0 bridgehead atoms. The summed E-state index contributed by atoms with van der Waals surface area (Å²) in [6, 6.07) is 19.5. The van der Waals surface area contributed by atoms with E-state index < -0.39 is 10.0 Å². The van der Waals surface area contributed by atoms with Gasteiger partial charge in [-0.1, -0.05) is 42.5 Å². The minimum atomic E-state index is -3.68. The third-order valence-corrected chi connectivity index (χ3v) is 5.47. The molecule has 1 amide bonds. The number of carbonyl (C=O) groups is 1. The van der Waals surface area contributed by atoms with Gasteiger partial charge in [0.05, 0.1) is 11.3 Å². The molecule has 0 unspecified atom stereocenters. The highest BCUT2D eigenvalue weighted by Crippen LogP contribution is 2.21. The van der Waals surface area contributed by atoms with E-state index in [-0.39, 0.29) is 17.2 Å². The molecule has 3 aromatic rings. The number of hydrogen-bond donors (Lipinski definition) is 1. The summed E-state index contributed by atoms with van der Waals surface area (Å²) in [5, 5.41) is 1.86. The Kier molecular flexibility index (Phi) is 4.95.